The van der Waals surface area contributed by atoms with Crippen LogP contribution in [0.25, 0.3) is 10.9 Å². The summed E-state index contributed by atoms with van der Waals surface area (Å²) >= 11 is 11.9. The second-order valence-electron chi connectivity index (χ2n) is 5.10. The highest BCUT2D eigenvalue weighted by atomic mass is 35.5. The van der Waals surface area contributed by atoms with Crippen LogP contribution in [0.4, 0.5) is 11.4 Å². The minimum atomic E-state index is -0.411. The molecule has 0 saturated carbocycles. The molecule has 0 atom stereocenters. The van der Waals surface area contributed by atoms with Crippen LogP contribution in [0.3, 0.4) is 0 Å². The first-order chi connectivity index (χ1) is 11.5. The first kappa shape index (κ1) is 16.3. The molecule has 1 aromatic heterocycles. The molecular formula is C16H12Cl2N4O2. The maximum atomic E-state index is 12.4. The molecule has 122 valence electrons. The van der Waals surface area contributed by atoms with E-state index in [0.29, 0.717) is 16.6 Å². The third-order valence-electron chi connectivity index (χ3n) is 3.41. The highest BCUT2D eigenvalue weighted by molar-refractivity contribution is 6.39. The lowest BCUT2D eigenvalue weighted by atomic mass is 10.2. The highest BCUT2D eigenvalue weighted by Gasteiger charge is 2.10. The van der Waals surface area contributed by atoms with E-state index in [1.165, 1.54) is 23.0 Å². The van der Waals surface area contributed by atoms with Crippen LogP contribution in [-0.4, -0.2) is 15.5 Å². The minimum absolute atomic E-state index is 0.184. The quantitative estimate of drug-likeness (QED) is 0.700. The average molecular weight is 363 g/mol. The van der Waals surface area contributed by atoms with E-state index in [2.05, 4.69) is 10.3 Å². The molecule has 0 fully saturated rings. The van der Waals surface area contributed by atoms with Crippen molar-refractivity contribution in [2.45, 2.75) is 6.54 Å². The lowest BCUT2D eigenvalue weighted by molar-refractivity contribution is -0.116. The molecule has 1 amide bonds. The number of rotatable bonds is 3. The number of nitrogens with one attached hydrogen (secondary N) is 1. The molecule has 0 aliphatic rings. The molecule has 24 heavy (non-hydrogen) atoms. The van der Waals surface area contributed by atoms with E-state index in [1.807, 2.05) is 0 Å². The summed E-state index contributed by atoms with van der Waals surface area (Å²) in [6, 6.07) is 9.91. The number of para-hydroxylation sites is 1. The Kier molecular flexibility index (Phi) is 4.42. The molecule has 0 saturated heterocycles. The summed E-state index contributed by atoms with van der Waals surface area (Å²) in [5, 5.41) is 3.55. The van der Waals surface area contributed by atoms with Gasteiger partial charge in [0.1, 0.15) is 6.54 Å². The van der Waals surface area contributed by atoms with Crippen molar-refractivity contribution in [1.29, 1.82) is 0 Å². The SMILES string of the molecule is Nc1c(Cl)cc(NC(=O)Cn2cnc3ccccc3c2=O)cc1Cl. The van der Waals surface area contributed by atoms with E-state index in [4.69, 9.17) is 28.9 Å². The van der Waals surface area contributed by atoms with Crippen LogP contribution < -0.4 is 16.6 Å². The number of benzene rings is 2. The number of nitrogens with two attached hydrogens (primary N) is 1. The van der Waals surface area contributed by atoms with E-state index < -0.39 is 5.91 Å². The Balaban J connectivity index is 1.83. The molecule has 3 rings (SSSR count). The molecular weight excluding hydrogens is 351 g/mol. The number of nitrogen functional groups attached to an aromatic ring is 1. The molecule has 6 nitrogen and oxygen atoms in total. The fraction of sp³-hybridized carbons (Fsp3) is 0.0625. The summed E-state index contributed by atoms with van der Waals surface area (Å²) < 4.78 is 1.23. The normalized spacial score (nSPS) is 10.8. The highest BCUT2D eigenvalue weighted by Crippen LogP contribution is 2.31. The smallest absolute Gasteiger partial charge is 0.261 e. The fourth-order valence-corrected chi connectivity index (χ4v) is 2.72. The number of halogens is 2. The molecule has 2 aromatic carbocycles. The molecule has 0 radical (unpaired) electrons. The maximum Gasteiger partial charge on any atom is 0.261 e. The molecule has 0 spiro atoms. The summed E-state index contributed by atoms with van der Waals surface area (Å²) in [7, 11) is 0. The van der Waals surface area contributed by atoms with E-state index in [0.717, 1.165) is 0 Å². The molecule has 0 unspecified atom stereocenters. The van der Waals surface area contributed by atoms with Crippen LogP contribution >= 0.6 is 23.2 Å². The Morgan fingerprint density at radius 3 is 2.58 bits per heavy atom. The van der Waals surface area contributed by atoms with E-state index in [-0.39, 0.29) is 27.8 Å². The molecule has 3 N–H and O–H groups in total. The van der Waals surface area contributed by atoms with Crippen LogP contribution in [0.2, 0.25) is 10.0 Å². The zero-order valence-electron chi connectivity index (χ0n) is 12.3. The minimum Gasteiger partial charge on any atom is -0.396 e. The topological polar surface area (TPSA) is 90.0 Å². The van der Waals surface area contributed by atoms with Crippen molar-refractivity contribution in [1.82, 2.24) is 9.55 Å². The number of hydrogen-bond donors (Lipinski definition) is 2. The standard InChI is InChI=1S/C16H12Cl2N4O2/c17-11-5-9(6-12(18)15(11)19)21-14(23)7-22-8-20-13-4-2-1-3-10(13)16(22)24/h1-6,8H,7,19H2,(H,21,23). The predicted molar refractivity (Wildman–Crippen MR) is 95.5 cm³/mol. The summed E-state index contributed by atoms with van der Waals surface area (Å²) in [5.74, 6) is -0.411. The van der Waals surface area contributed by atoms with Gasteiger partial charge in [-0.05, 0) is 24.3 Å². The lowest BCUT2D eigenvalue weighted by Gasteiger charge is -2.10. The van der Waals surface area contributed by atoms with Crippen molar-refractivity contribution in [2.24, 2.45) is 0 Å². The van der Waals surface area contributed by atoms with Crippen LogP contribution in [0, 0.1) is 0 Å². The molecule has 8 heteroatoms. The number of aromatic nitrogens is 2. The van der Waals surface area contributed by atoms with Crippen LogP contribution in [-0.2, 0) is 11.3 Å². The third-order valence-corrected chi connectivity index (χ3v) is 4.03. The van der Waals surface area contributed by atoms with Gasteiger partial charge >= 0.3 is 0 Å². The Hall–Kier alpha value is -2.57. The van der Waals surface area contributed by atoms with Gasteiger partial charge in [0, 0.05) is 5.69 Å². The molecule has 1 heterocycles. The number of nitrogens with zero attached hydrogens (tertiary/aromatic N) is 2. The van der Waals surface area contributed by atoms with Crippen molar-refractivity contribution >= 4 is 51.4 Å². The van der Waals surface area contributed by atoms with Gasteiger partial charge in [0.2, 0.25) is 5.91 Å². The van der Waals surface area contributed by atoms with Gasteiger partial charge in [0.05, 0.1) is 33.0 Å². The zero-order chi connectivity index (χ0) is 17.3. The second-order valence-corrected chi connectivity index (χ2v) is 5.91. The number of carbonyl (C=O) groups is 1. The Bertz CT molecular complexity index is 978. The van der Waals surface area contributed by atoms with E-state index >= 15 is 0 Å². The maximum absolute atomic E-state index is 12.4. The van der Waals surface area contributed by atoms with Gasteiger partial charge in [0.25, 0.3) is 5.56 Å². The lowest BCUT2D eigenvalue weighted by Crippen LogP contribution is -2.27. The molecule has 0 bridgehead atoms. The van der Waals surface area contributed by atoms with Gasteiger partial charge in [-0.3, -0.25) is 14.2 Å². The van der Waals surface area contributed by atoms with Gasteiger partial charge in [-0.1, -0.05) is 35.3 Å². The van der Waals surface area contributed by atoms with Gasteiger partial charge in [-0.25, -0.2) is 4.98 Å². The van der Waals surface area contributed by atoms with Crippen molar-refractivity contribution < 1.29 is 4.79 Å². The zero-order valence-corrected chi connectivity index (χ0v) is 13.8. The van der Waals surface area contributed by atoms with Crippen LogP contribution in [0.15, 0.2) is 47.5 Å². The molecule has 0 aliphatic heterocycles. The number of hydrogen-bond acceptors (Lipinski definition) is 4. The Labute approximate surface area is 146 Å². The van der Waals surface area contributed by atoms with Crippen molar-refractivity contribution in [3.63, 3.8) is 0 Å². The predicted octanol–water partition coefficient (Wildman–Crippen LogP) is 2.92. The summed E-state index contributed by atoms with van der Waals surface area (Å²) in [5.41, 5.74) is 6.58. The van der Waals surface area contributed by atoms with Crippen LogP contribution in [0.1, 0.15) is 0 Å². The first-order valence-corrected chi connectivity index (χ1v) is 7.70. The van der Waals surface area contributed by atoms with Crippen molar-refractivity contribution in [3.8, 4) is 0 Å². The number of amides is 1. The third kappa shape index (κ3) is 3.20. The fourth-order valence-electron chi connectivity index (χ4n) is 2.23. The van der Waals surface area contributed by atoms with E-state index in [9.17, 15) is 9.59 Å². The molecule has 3 aromatic rings. The monoisotopic (exact) mass is 362 g/mol. The summed E-state index contributed by atoms with van der Waals surface area (Å²) in [6.45, 7) is -0.184. The Morgan fingerprint density at radius 2 is 1.88 bits per heavy atom. The summed E-state index contributed by atoms with van der Waals surface area (Å²) in [4.78, 5) is 28.7. The summed E-state index contributed by atoms with van der Waals surface area (Å²) in [6.07, 6.45) is 1.34. The molecule has 0 aliphatic carbocycles. The van der Waals surface area contributed by atoms with Gasteiger partial charge in [-0.2, -0.15) is 0 Å². The van der Waals surface area contributed by atoms with E-state index in [1.54, 1.807) is 24.3 Å². The number of fused-ring (bicyclic) bond motifs is 1. The van der Waals surface area contributed by atoms with Gasteiger partial charge in [0.15, 0.2) is 0 Å². The number of carbonyl (C=O) groups excluding carboxylic acids is 1. The number of anilines is 2. The largest absolute Gasteiger partial charge is 0.396 e. The van der Waals surface area contributed by atoms with Crippen molar-refractivity contribution in [2.75, 3.05) is 11.1 Å². The van der Waals surface area contributed by atoms with Crippen molar-refractivity contribution in [3.05, 3.63) is 63.1 Å². The van der Waals surface area contributed by atoms with Gasteiger partial charge in [-0.15, -0.1) is 0 Å². The second kappa shape index (κ2) is 6.51. The first-order valence-electron chi connectivity index (χ1n) is 6.94. The van der Waals surface area contributed by atoms with Crippen LogP contribution in [0.5, 0.6) is 0 Å². The van der Waals surface area contributed by atoms with Gasteiger partial charge < -0.3 is 11.1 Å². The Morgan fingerprint density at radius 1 is 1.21 bits per heavy atom. The average Bonchev–Trinajstić information content (AvgIpc) is 2.55.